The highest BCUT2D eigenvalue weighted by Gasteiger charge is 2.30. The van der Waals surface area contributed by atoms with Crippen molar-refractivity contribution in [3.05, 3.63) is 58.4 Å². The van der Waals surface area contributed by atoms with Crippen LogP contribution in [0.5, 0.6) is 0 Å². The highest BCUT2D eigenvalue weighted by molar-refractivity contribution is 7.89. The van der Waals surface area contributed by atoms with Gasteiger partial charge in [0.15, 0.2) is 0 Å². The van der Waals surface area contributed by atoms with Crippen LogP contribution < -0.4 is 10.0 Å². The summed E-state index contributed by atoms with van der Waals surface area (Å²) < 4.78 is 33.8. The first kappa shape index (κ1) is 22.4. The van der Waals surface area contributed by atoms with Crippen LogP contribution >= 0.6 is 11.6 Å². The number of carbonyl (C=O) groups excluding carboxylic acids is 1. The van der Waals surface area contributed by atoms with Crippen LogP contribution in [0.3, 0.4) is 0 Å². The summed E-state index contributed by atoms with van der Waals surface area (Å²) in [6, 6.07) is 8.98. The fraction of sp³-hybridized carbons (Fsp3) is 0.318. The molecule has 1 aliphatic rings. The van der Waals surface area contributed by atoms with E-state index < -0.39 is 22.0 Å². The molecular weight excluding hydrogens is 452 g/mol. The molecule has 8 nitrogen and oxygen atoms in total. The third-order valence-corrected chi connectivity index (χ3v) is 7.36. The third-order valence-electron chi connectivity index (χ3n) is 5.27. The average Bonchev–Trinajstić information content (AvgIpc) is 3.47. The van der Waals surface area contributed by atoms with Crippen molar-refractivity contribution in [1.29, 1.82) is 0 Å². The number of nitrogens with one attached hydrogen (secondary N) is 2. The molecule has 0 radical (unpaired) electrons. The van der Waals surface area contributed by atoms with Crippen molar-refractivity contribution in [3.8, 4) is 11.4 Å². The van der Waals surface area contributed by atoms with Crippen molar-refractivity contribution in [2.75, 3.05) is 5.32 Å². The van der Waals surface area contributed by atoms with E-state index in [0.29, 0.717) is 39.5 Å². The van der Waals surface area contributed by atoms with E-state index in [-0.39, 0.29) is 4.90 Å². The van der Waals surface area contributed by atoms with Crippen LogP contribution in [0.4, 0.5) is 5.69 Å². The first-order valence-corrected chi connectivity index (χ1v) is 12.0. The van der Waals surface area contributed by atoms with Crippen LogP contribution in [0.1, 0.15) is 42.7 Å². The molecule has 2 aromatic carbocycles. The predicted molar refractivity (Wildman–Crippen MR) is 121 cm³/mol. The van der Waals surface area contributed by atoms with Crippen molar-refractivity contribution in [2.24, 2.45) is 0 Å². The number of amides is 1. The number of rotatable bonds is 7. The Hall–Kier alpha value is -2.75. The topological polar surface area (TPSA) is 114 Å². The standard InChI is InChI=1S/C22H23ClN4O4S/c1-12-5-9-17(11-18(12)23)24-21(28)14(3)27-32(29,30)19-10-16(6-4-13(19)2)20-25-22(31-26-20)15-7-8-15/h4-6,9-11,14-15,27H,7-8H2,1-3H3,(H,24,28)/t14-/m0/s1. The zero-order valence-electron chi connectivity index (χ0n) is 17.8. The summed E-state index contributed by atoms with van der Waals surface area (Å²) in [6.07, 6.45) is 2.04. The molecule has 1 amide bonds. The van der Waals surface area contributed by atoms with Crippen molar-refractivity contribution in [2.45, 2.75) is 50.5 Å². The van der Waals surface area contributed by atoms with E-state index in [1.54, 1.807) is 37.3 Å². The van der Waals surface area contributed by atoms with Gasteiger partial charge in [-0.3, -0.25) is 4.79 Å². The molecule has 1 atom stereocenters. The normalized spacial score (nSPS) is 14.9. The molecule has 1 heterocycles. The van der Waals surface area contributed by atoms with Crippen LogP contribution in [0.15, 0.2) is 45.8 Å². The van der Waals surface area contributed by atoms with E-state index in [4.69, 9.17) is 16.1 Å². The number of halogens is 1. The van der Waals surface area contributed by atoms with E-state index in [1.807, 2.05) is 6.92 Å². The number of benzene rings is 2. The zero-order valence-corrected chi connectivity index (χ0v) is 19.4. The van der Waals surface area contributed by atoms with E-state index >= 15 is 0 Å². The molecule has 0 bridgehead atoms. The van der Waals surface area contributed by atoms with Crippen LogP contribution in [0.25, 0.3) is 11.4 Å². The van der Waals surface area contributed by atoms with Gasteiger partial charge in [-0.25, -0.2) is 8.42 Å². The highest BCUT2D eigenvalue weighted by atomic mass is 35.5. The quantitative estimate of drug-likeness (QED) is 0.530. The minimum absolute atomic E-state index is 0.0470. The lowest BCUT2D eigenvalue weighted by atomic mass is 10.1. The van der Waals surface area contributed by atoms with Gasteiger partial charge in [0.2, 0.25) is 27.6 Å². The Morgan fingerprint density at radius 3 is 2.56 bits per heavy atom. The molecule has 0 unspecified atom stereocenters. The smallest absolute Gasteiger partial charge is 0.242 e. The molecule has 0 spiro atoms. The van der Waals surface area contributed by atoms with Gasteiger partial charge in [-0.15, -0.1) is 0 Å². The van der Waals surface area contributed by atoms with Crippen molar-refractivity contribution in [1.82, 2.24) is 14.9 Å². The van der Waals surface area contributed by atoms with Crippen LogP contribution in [-0.4, -0.2) is 30.5 Å². The molecular formula is C22H23ClN4O4S. The lowest BCUT2D eigenvalue weighted by Crippen LogP contribution is -2.41. The minimum atomic E-state index is -3.99. The van der Waals surface area contributed by atoms with Gasteiger partial charge >= 0.3 is 0 Å². The lowest BCUT2D eigenvalue weighted by Gasteiger charge is -2.16. The number of anilines is 1. The molecule has 168 valence electrons. The minimum Gasteiger partial charge on any atom is -0.339 e. The number of aromatic nitrogens is 2. The maximum Gasteiger partial charge on any atom is 0.242 e. The SMILES string of the molecule is Cc1ccc(NC(=O)[C@H](C)NS(=O)(=O)c2cc(-c3noc(C4CC4)n3)ccc2C)cc1Cl. The summed E-state index contributed by atoms with van der Waals surface area (Å²) in [5.41, 5.74) is 2.42. The molecule has 32 heavy (non-hydrogen) atoms. The Morgan fingerprint density at radius 1 is 1.16 bits per heavy atom. The van der Waals surface area contributed by atoms with Crippen molar-refractivity contribution in [3.63, 3.8) is 0 Å². The Morgan fingerprint density at radius 2 is 1.88 bits per heavy atom. The molecule has 1 aromatic heterocycles. The monoisotopic (exact) mass is 474 g/mol. The summed E-state index contributed by atoms with van der Waals surface area (Å²) in [7, 11) is -3.99. The summed E-state index contributed by atoms with van der Waals surface area (Å²) >= 11 is 6.09. The summed E-state index contributed by atoms with van der Waals surface area (Å²) in [4.78, 5) is 17.0. The van der Waals surface area contributed by atoms with E-state index in [2.05, 4.69) is 20.2 Å². The first-order chi connectivity index (χ1) is 15.1. The van der Waals surface area contributed by atoms with Gasteiger partial charge in [-0.1, -0.05) is 35.0 Å². The van der Waals surface area contributed by atoms with Gasteiger partial charge in [0.05, 0.1) is 10.9 Å². The number of sulfonamides is 1. The third kappa shape index (κ3) is 4.85. The van der Waals surface area contributed by atoms with Gasteiger partial charge in [0.1, 0.15) is 0 Å². The van der Waals surface area contributed by atoms with Gasteiger partial charge in [-0.2, -0.15) is 9.71 Å². The van der Waals surface area contributed by atoms with Gasteiger partial charge in [-0.05, 0) is 62.9 Å². The molecule has 3 aromatic rings. The Kier molecular flexibility index (Phi) is 6.07. The Labute approximate surface area is 191 Å². The molecule has 0 saturated heterocycles. The van der Waals surface area contributed by atoms with E-state index in [9.17, 15) is 13.2 Å². The molecule has 1 saturated carbocycles. The summed E-state index contributed by atoms with van der Waals surface area (Å²) in [5.74, 6) is 0.707. The second-order valence-corrected chi connectivity index (χ2v) is 10.1. The Bertz CT molecular complexity index is 1280. The molecule has 2 N–H and O–H groups in total. The highest BCUT2D eigenvalue weighted by Crippen LogP contribution is 2.39. The van der Waals surface area contributed by atoms with Gasteiger partial charge in [0, 0.05) is 22.2 Å². The molecule has 10 heteroatoms. The van der Waals surface area contributed by atoms with E-state index in [0.717, 1.165) is 18.4 Å². The number of aryl methyl sites for hydroxylation is 2. The van der Waals surface area contributed by atoms with Crippen LogP contribution in [-0.2, 0) is 14.8 Å². The van der Waals surface area contributed by atoms with Gasteiger partial charge < -0.3 is 9.84 Å². The molecule has 4 rings (SSSR count). The second kappa shape index (κ2) is 8.65. The average molecular weight is 475 g/mol. The number of nitrogens with zero attached hydrogens (tertiary/aromatic N) is 2. The predicted octanol–water partition coefficient (Wildman–Crippen LogP) is 4.19. The molecule has 1 aliphatic carbocycles. The summed E-state index contributed by atoms with van der Waals surface area (Å²) in [5, 5.41) is 7.15. The lowest BCUT2D eigenvalue weighted by molar-refractivity contribution is -0.117. The maximum absolute atomic E-state index is 13.0. The Balaban J connectivity index is 1.51. The first-order valence-electron chi connectivity index (χ1n) is 10.2. The zero-order chi connectivity index (χ0) is 23.0. The number of hydrogen-bond acceptors (Lipinski definition) is 6. The second-order valence-electron chi connectivity index (χ2n) is 8.01. The number of hydrogen-bond donors (Lipinski definition) is 2. The largest absolute Gasteiger partial charge is 0.339 e. The van der Waals surface area contributed by atoms with Crippen LogP contribution in [0.2, 0.25) is 5.02 Å². The summed E-state index contributed by atoms with van der Waals surface area (Å²) in [6.45, 7) is 5.01. The van der Waals surface area contributed by atoms with Gasteiger partial charge in [0.25, 0.3) is 0 Å². The maximum atomic E-state index is 13.0. The molecule has 1 fully saturated rings. The van der Waals surface area contributed by atoms with Crippen LogP contribution in [0, 0.1) is 13.8 Å². The fourth-order valence-electron chi connectivity index (χ4n) is 3.15. The van der Waals surface area contributed by atoms with Crippen molar-refractivity contribution < 1.29 is 17.7 Å². The number of carbonyl (C=O) groups is 1. The molecule has 0 aliphatic heterocycles. The van der Waals surface area contributed by atoms with Crippen molar-refractivity contribution >= 4 is 33.2 Å². The fourth-order valence-corrected chi connectivity index (χ4v) is 4.80. The van der Waals surface area contributed by atoms with E-state index in [1.165, 1.54) is 13.0 Å².